The second-order valence-corrected chi connectivity index (χ2v) is 13.8. The number of carbonyl (C=O) groups is 1. The molecular formula is C29H59O3P. The molecule has 0 heterocycles. The van der Waals surface area contributed by atoms with Gasteiger partial charge in [-0.25, -0.2) is 0 Å². The largest absolute Gasteiger partial charge is 0.465 e. The van der Waals surface area contributed by atoms with Crippen molar-refractivity contribution < 1.29 is 14.1 Å². The Balaban J connectivity index is 4.18. The molecule has 0 N–H and O–H groups in total. The maximum absolute atomic E-state index is 13.8. The van der Waals surface area contributed by atoms with Crippen molar-refractivity contribution >= 4 is 13.1 Å². The second kappa shape index (κ2) is 23.4. The average molecular weight is 487 g/mol. The Morgan fingerprint density at radius 2 is 0.879 bits per heavy atom. The summed E-state index contributed by atoms with van der Waals surface area (Å²) in [5.41, 5.74) is -0.436. The summed E-state index contributed by atoms with van der Waals surface area (Å²) in [6.07, 6.45) is 27.0. The highest BCUT2D eigenvalue weighted by Gasteiger charge is 2.34. The highest BCUT2D eigenvalue weighted by molar-refractivity contribution is 7.65. The van der Waals surface area contributed by atoms with Crippen LogP contribution >= 0.6 is 7.14 Å². The van der Waals surface area contributed by atoms with E-state index in [-0.39, 0.29) is 5.97 Å². The molecule has 0 fully saturated rings. The zero-order valence-corrected chi connectivity index (χ0v) is 23.9. The van der Waals surface area contributed by atoms with Gasteiger partial charge in [0.15, 0.2) is 0 Å². The van der Waals surface area contributed by atoms with E-state index < -0.39 is 12.8 Å². The van der Waals surface area contributed by atoms with Crippen LogP contribution in [-0.2, 0) is 14.1 Å². The first-order valence-electron chi connectivity index (χ1n) is 14.8. The van der Waals surface area contributed by atoms with Crippen LogP contribution in [0.5, 0.6) is 0 Å². The molecule has 0 aromatic rings. The van der Waals surface area contributed by atoms with Crippen LogP contribution in [0, 0.1) is 0 Å². The number of ether oxygens (including phenoxy) is 1. The molecule has 0 saturated heterocycles. The summed E-state index contributed by atoms with van der Waals surface area (Å²) in [6.45, 7) is 8.58. The lowest BCUT2D eigenvalue weighted by Crippen LogP contribution is -2.23. The molecule has 0 radical (unpaired) electrons. The van der Waals surface area contributed by atoms with Crippen molar-refractivity contribution in [3.63, 3.8) is 0 Å². The number of hydrogen-bond donors (Lipinski definition) is 0. The lowest BCUT2D eigenvalue weighted by molar-refractivity contribution is -0.142. The number of rotatable bonds is 25. The van der Waals surface area contributed by atoms with E-state index >= 15 is 0 Å². The second-order valence-electron chi connectivity index (χ2n) is 10.2. The summed E-state index contributed by atoms with van der Waals surface area (Å²) in [7, 11) is -2.52. The molecule has 0 bridgehead atoms. The number of esters is 1. The van der Waals surface area contributed by atoms with E-state index in [2.05, 4.69) is 13.8 Å². The van der Waals surface area contributed by atoms with Gasteiger partial charge in [0.25, 0.3) is 0 Å². The average Bonchev–Trinajstić information content (AvgIpc) is 2.81. The molecule has 1 atom stereocenters. The van der Waals surface area contributed by atoms with Gasteiger partial charge >= 0.3 is 5.97 Å². The van der Waals surface area contributed by atoms with Gasteiger partial charge < -0.3 is 9.30 Å². The topological polar surface area (TPSA) is 43.4 Å². The fraction of sp³-hybridized carbons (Fsp3) is 0.966. The van der Waals surface area contributed by atoms with Gasteiger partial charge in [0.05, 0.1) is 6.61 Å². The van der Waals surface area contributed by atoms with Crippen LogP contribution in [0.15, 0.2) is 0 Å². The SMILES string of the molecule is CCCCCCCCCCCCP(=O)(CCCCCCCCCCCC)C(C)C(=O)OCC. The third-order valence-corrected chi connectivity index (χ3v) is 10.9. The van der Waals surface area contributed by atoms with Gasteiger partial charge in [0, 0.05) is 12.3 Å². The summed E-state index contributed by atoms with van der Waals surface area (Å²) in [5.74, 6) is -0.250. The maximum Gasteiger partial charge on any atom is 0.316 e. The highest BCUT2D eigenvalue weighted by Crippen LogP contribution is 2.52. The highest BCUT2D eigenvalue weighted by atomic mass is 31.2. The molecule has 1 unspecified atom stereocenters. The molecular weight excluding hydrogens is 427 g/mol. The van der Waals surface area contributed by atoms with Crippen LogP contribution in [0.2, 0.25) is 0 Å². The number of hydrogen-bond acceptors (Lipinski definition) is 3. The van der Waals surface area contributed by atoms with Gasteiger partial charge in [-0.05, 0) is 26.7 Å². The smallest absolute Gasteiger partial charge is 0.316 e. The van der Waals surface area contributed by atoms with Crippen molar-refractivity contribution in [1.82, 2.24) is 0 Å². The molecule has 0 aromatic heterocycles. The third-order valence-electron chi connectivity index (χ3n) is 7.11. The van der Waals surface area contributed by atoms with Gasteiger partial charge in [0.1, 0.15) is 12.8 Å². The zero-order valence-electron chi connectivity index (χ0n) is 23.0. The van der Waals surface area contributed by atoms with E-state index in [4.69, 9.17) is 4.74 Å². The van der Waals surface area contributed by atoms with Crippen molar-refractivity contribution in [2.45, 2.75) is 162 Å². The molecule has 0 rings (SSSR count). The minimum Gasteiger partial charge on any atom is -0.465 e. The normalized spacial score (nSPS) is 12.7. The van der Waals surface area contributed by atoms with Gasteiger partial charge in [-0.15, -0.1) is 0 Å². The van der Waals surface area contributed by atoms with Crippen molar-refractivity contribution in [1.29, 1.82) is 0 Å². The monoisotopic (exact) mass is 486 g/mol. The van der Waals surface area contributed by atoms with E-state index in [0.717, 1.165) is 38.0 Å². The molecule has 0 aliphatic rings. The molecule has 198 valence electrons. The first-order valence-corrected chi connectivity index (χ1v) is 16.9. The Morgan fingerprint density at radius 1 is 0.576 bits per heavy atom. The van der Waals surface area contributed by atoms with E-state index in [9.17, 15) is 9.36 Å². The minimum absolute atomic E-state index is 0.250. The molecule has 3 nitrogen and oxygen atoms in total. The van der Waals surface area contributed by atoms with Crippen molar-refractivity contribution in [2.24, 2.45) is 0 Å². The van der Waals surface area contributed by atoms with Gasteiger partial charge in [-0.1, -0.05) is 129 Å². The van der Waals surface area contributed by atoms with Crippen LogP contribution in [0.1, 0.15) is 156 Å². The Bertz CT molecular complexity index is 449. The van der Waals surface area contributed by atoms with E-state index in [1.165, 1.54) is 103 Å². The lowest BCUT2D eigenvalue weighted by atomic mass is 10.1. The van der Waals surface area contributed by atoms with E-state index in [0.29, 0.717) is 6.61 Å². The van der Waals surface area contributed by atoms with Crippen molar-refractivity contribution in [2.75, 3.05) is 18.9 Å². The summed E-state index contributed by atoms with van der Waals surface area (Å²) in [4.78, 5) is 12.4. The zero-order chi connectivity index (χ0) is 24.6. The van der Waals surface area contributed by atoms with Crippen LogP contribution in [-0.4, -0.2) is 30.6 Å². The van der Waals surface area contributed by atoms with Gasteiger partial charge in [-0.3, -0.25) is 4.79 Å². The van der Waals surface area contributed by atoms with Crippen molar-refractivity contribution in [3.8, 4) is 0 Å². The lowest BCUT2D eigenvalue weighted by Gasteiger charge is -2.24. The minimum atomic E-state index is -2.52. The molecule has 0 aromatic carbocycles. The molecule has 0 spiro atoms. The Labute approximate surface area is 208 Å². The van der Waals surface area contributed by atoms with Crippen LogP contribution < -0.4 is 0 Å². The first-order chi connectivity index (χ1) is 16.0. The molecule has 0 aliphatic heterocycles. The Hall–Kier alpha value is -0.300. The molecule has 0 saturated carbocycles. The molecule has 33 heavy (non-hydrogen) atoms. The van der Waals surface area contributed by atoms with Crippen LogP contribution in [0.4, 0.5) is 0 Å². The first kappa shape index (κ1) is 32.7. The number of unbranched alkanes of at least 4 members (excludes halogenated alkanes) is 18. The third kappa shape index (κ3) is 18.7. The van der Waals surface area contributed by atoms with E-state index in [1.54, 1.807) is 0 Å². The predicted molar refractivity (Wildman–Crippen MR) is 147 cm³/mol. The quantitative estimate of drug-likeness (QED) is 0.0732. The standard InChI is InChI=1S/C29H59O3P/c1-5-8-10-12-14-16-18-20-22-24-26-33(31,28(4)29(30)32-7-3)27-25-23-21-19-17-15-13-11-9-6-2/h28H,5-27H2,1-4H3. The molecule has 4 heteroatoms. The summed E-state index contributed by atoms with van der Waals surface area (Å²) < 4.78 is 19.0. The van der Waals surface area contributed by atoms with Crippen molar-refractivity contribution in [3.05, 3.63) is 0 Å². The molecule has 0 amide bonds. The fourth-order valence-corrected chi connectivity index (χ4v) is 7.66. The summed E-state index contributed by atoms with van der Waals surface area (Å²) >= 11 is 0. The number of carbonyl (C=O) groups excluding carboxylic acids is 1. The summed E-state index contributed by atoms with van der Waals surface area (Å²) in [5, 5.41) is 0. The van der Waals surface area contributed by atoms with Crippen LogP contribution in [0.3, 0.4) is 0 Å². The fourth-order valence-electron chi connectivity index (χ4n) is 4.69. The van der Waals surface area contributed by atoms with Gasteiger partial charge in [0.2, 0.25) is 0 Å². The maximum atomic E-state index is 13.8. The van der Waals surface area contributed by atoms with Gasteiger partial charge in [-0.2, -0.15) is 0 Å². The van der Waals surface area contributed by atoms with Crippen LogP contribution in [0.25, 0.3) is 0 Å². The Morgan fingerprint density at radius 3 is 1.18 bits per heavy atom. The van der Waals surface area contributed by atoms with E-state index in [1.807, 2.05) is 13.8 Å². The molecule has 0 aliphatic carbocycles. The predicted octanol–water partition coefficient (Wildman–Crippen LogP) is 10.1. The summed E-state index contributed by atoms with van der Waals surface area (Å²) in [6, 6.07) is 0. The Kier molecular flexibility index (Phi) is 23.2.